The Kier molecular flexibility index (Phi) is 5.52. The minimum absolute atomic E-state index is 0.0617. The van der Waals surface area contributed by atoms with Crippen molar-refractivity contribution in [1.82, 2.24) is 4.90 Å². The summed E-state index contributed by atoms with van der Waals surface area (Å²) in [6.07, 6.45) is 1.96. The molecule has 0 saturated carbocycles. The van der Waals surface area contributed by atoms with Crippen LogP contribution in [0.1, 0.15) is 27.9 Å². The molecule has 2 rings (SSSR count). The molecule has 2 aromatic carbocycles. The van der Waals surface area contributed by atoms with Crippen LogP contribution < -0.4 is 5.73 Å². The number of aryl methyl sites for hydroxylation is 1. The third-order valence-corrected chi connectivity index (χ3v) is 3.59. The number of benzene rings is 2. The number of amides is 1. The van der Waals surface area contributed by atoms with Gasteiger partial charge in [-0.2, -0.15) is 0 Å². The standard InChI is InChI=1S/C18H22N2O/c1-20(13-5-8-15-6-3-2-4-7-15)18(21)17-11-9-16(14-19)10-12-17/h2-4,6-7,9-12H,5,8,13-14,19H2,1H3. The molecule has 3 nitrogen and oxygen atoms in total. The molecule has 0 bridgehead atoms. The van der Waals surface area contributed by atoms with Crippen molar-refractivity contribution in [1.29, 1.82) is 0 Å². The van der Waals surface area contributed by atoms with Gasteiger partial charge in [-0.25, -0.2) is 0 Å². The van der Waals surface area contributed by atoms with E-state index < -0.39 is 0 Å². The molecular weight excluding hydrogens is 260 g/mol. The van der Waals surface area contributed by atoms with E-state index in [2.05, 4.69) is 12.1 Å². The van der Waals surface area contributed by atoms with Gasteiger partial charge in [-0.05, 0) is 36.1 Å². The van der Waals surface area contributed by atoms with Gasteiger partial charge in [-0.3, -0.25) is 4.79 Å². The smallest absolute Gasteiger partial charge is 0.253 e. The monoisotopic (exact) mass is 282 g/mol. The van der Waals surface area contributed by atoms with Crippen LogP contribution in [0.5, 0.6) is 0 Å². The van der Waals surface area contributed by atoms with Crippen LogP contribution in [0.2, 0.25) is 0 Å². The summed E-state index contributed by atoms with van der Waals surface area (Å²) >= 11 is 0. The van der Waals surface area contributed by atoms with Gasteiger partial charge in [0.15, 0.2) is 0 Å². The first kappa shape index (κ1) is 15.3. The molecule has 1 amide bonds. The maximum atomic E-state index is 12.3. The molecule has 0 radical (unpaired) electrons. The first-order valence-electron chi connectivity index (χ1n) is 7.29. The summed E-state index contributed by atoms with van der Waals surface area (Å²) in [5.41, 5.74) is 8.63. The molecule has 0 aromatic heterocycles. The Labute approximate surface area is 126 Å². The lowest BCUT2D eigenvalue weighted by molar-refractivity contribution is 0.0793. The van der Waals surface area contributed by atoms with E-state index in [0.717, 1.165) is 30.5 Å². The van der Waals surface area contributed by atoms with Gasteiger partial charge in [0.25, 0.3) is 5.91 Å². The summed E-state index contributed by atoms with van der Waals surface area (Å²) in [6.45, 7) is 1.26. The van der Waals surface area contributed by atoms with E-state index in [1.54, 1.807) is 4.90 Å². The second-order valence-corrected chi connectivity index (χ2v) is 5.22. The van der Waals surface area contributed by atoms with E-state index in [0.29, 0.717) is 6.54 Å². The number of rotatable bonds is 6. The lowest BCUT2D eigenvalue weighted by Crippen LogP contribution is -2.28. The summed E-state index contributed by atoms with van der Waals surface area (Å²) in [7, 11) is 1.85. The Morgan fingerprint density at radius 3 is 2.29 bits per heavy atom. The average Bonchev–Trinajstić information content (AvgIpc) is 2.55. The fourth-order valence-corrected chi connectivity index (χ4v) is 2.27. The fourth-order valence-electron chi connectivity index (χ4n) is 2.27. The number of nitrogens with zero attached hydrogens (tertiary/aromatic N) is 1. The molecule has 21 heavy (non-hydrogen) atoms. The fraction of sp³-hybridized carbons (Fsp3) is 0.278. The average molecular weight is 282 g/mol. The highest BCUT2D eigenvalue weighted by atomic mass is 16.2. The molecule has 0 aliphatic rings. The molecule has 0 spiro atoms. The largest absolute Gasteiger partial charge is 0.342 e. The molecule has 3 heteroatoms. The molecular formula is C18H22N2O. The quantitative estimate of drug-likeness (QED) is 0.885. The van der Waals surface area contributed by atoms with Crippen molar-refractivity contribution in [2.45, 2.75) is 19.4 Å². The van der Waals surface area contributed by atoms with Gasteiger partial charge in [-0.15, -0.1) is 0 Å². The van der Waals surface area contributed by atoms with Crippen molar-refractivity contribution in [2.75, 3.05) is 13.6 Å². The first-order valence-corrected chi connectivity index (χ1v) is 7.29. The van der Waals surface area contributed by atoms with Crippen LogP contribution in [0.4, 0.5) is 0 Å². The van der Waals surface area contributed by atoms with Crippen LogP contribution in [0.25, 0.3) is 0 Å². The zero-order valence-electron chi connectivity index (χ0n) is 12.5. The normalized spacial score (nSPS) is 10.4. The summed E-state index contributed by atoms with van der Waals surface area (Å²) in [4.78, 5) is 14.1. The highest BCUT2D eigenvalue weighted by molar-refractivity contribution is 5.94. The second kappa shape index (κ2) is 7.60. The van der Waals surface area contributed by atoms with Crippen LogP contribution in [0.15, 0.2) is 54.6 Å². The zero-order chi connectivity index (χ0) is 15.1. The maximum Gasteiger partial charge on any atom is 0.253 e. The van der Waals surface area contributed by atoms with E-state index in [-0.39, 0.29) is 5.91 Å². The summed E-state index contributed by atoms with van der Waals surface area (Å²) in [6, 6.07) is 17.9. The minimum Gasteiger partial charge on any atom is -0.342 e. The van der Waals surface area contributed by atoms with Crippen molar-refractivity contribution in [2.24, 2.45) is 5.73 Å². The Hall–Kier alpha value is -2.13. The molecule has 0 heterocycles. The summed E-state index contributed by atoms with van der Waals surface area (Å²) in [5.74, 6) is 0.0617. The third-order valence-electron chi connectivity index (χ3n) is 3.59. The van der Waals surface area contributed by atoms with Crippen molar-refractivity contribution >= 4 is 5.91 Å². The number of carbonyl (C=O) groups is 1. The summed E-state index contributed by atoms with van der Waals surface area (Å²) < 4.78 is 0. The molecule has 0 aliphatic carbocycles. The Bertz CT molecular complexity index is 564. The van der Waals surface area contributed by atoms with E-state index in [1.165, 1.54) is 5.56 Å². The molecule has 0 aliphatic heterocycles. The van der Waals surface area contributed by atoms with E-state index in [4.69, 9.17) is 5.73 Å². The first-order chi connectivity index (χ1) is 10.2. The Balaban J connectivity index is 1.84. The molecule has 2 N–H and O–H groups in total. The van der Waals surface area contributed by atoms with Crippen molar-refractivity contribution in [3.8, 4) is 0 Å². The number of carbonyl (C=O) groups excluding carboxylic acids is 1. The van der Waals surface area contributed by atoms with Gasteiger partial charge in [0.2, 0.25) is 0 Å². The predicted octanol–water partition coefficient (Wildman–Crippen LogP) is 2.85. The molecule has 0 saturated heterocycles. The van der Waals surface area contributed by atoms with Crippen LogP contribution in [-0.2, 0) is 13.0 Å². The van der Waals surface area contributed by atoms with Gasteiger partial charge in [-0.1, -0.05) is 42.5 Å². The van der Waals surface area contributed by atoms with Gasteiger partial charge >= 0.3 is 0 Å². The SMILES string of the molecule is CN(CCCc1ccccc1)C(=O)c1ccc(CN)cc1. The molecule has 0 fully saturated rings. The molecule has 110 valence electrons. The number of hydrogen-bond acceptors (Lipinski definition) is 2. The minimum atomic E-state index is 0.0617. The lowest BCUT2D eigenvalue weighted by atomic mass is 10.1. The van der Waals surface area contributed by atoms with E-state index in [1.807, 2.05) is 49.5 Å². The van der Waals surface area contributed by atoms with E-state index >= 15 is 0 Å². The maximum absolute atomic E-state index is 12.3. The van der Waals surface area contributed by atoms with Gasteiger partial charge in [0, 0.05) is 25.7 Å². The third kappa shape index (κ3) is 4.43. The van der Waals surface area contributed by atoms with Crippen LogP contribution in [0.3, 0.4) is 0 Å². The van der Waals surface area contributed by atoms with Crippen LogP contribution >= 0.6 is 0 Å². The van der Waals surface area contributed by atoms with Crippen molar-refractivity contribution in [3.63, 3.8) is 0 Å². The predicted molar refractivity (Wildman–Crippen MR) is 86.1 cm³/mol. The van der Waals surface area contributed by atoms with Crippen molar-refractivity contribution < 1.29 is 4.79 Å². The molecule has 0 atom stereocenters. The molecule has 0 unspecified atom stereocenters. The lowest BCUT2D eigenvalue weighted by Gasteiger charge is -2.17. The topological polar surface area (TPSA) is 46.3 Å². The van der Waals surface area contributed by atoms with Gasteiger partial charge in [0.05, 0.1) is 0 Å². The highest BCUT2D eigenvalue weighted by Gasteiger charge is 2.10. The van der Waals surface area contributed by atoms with E-state index in [9.17, 15) is 4.79 Å². The second-order valence-electron chi connectivity index (χ2n) is 5.22. The van der Waals surface area contributed by atoms with Gasteiger partial charge < -0.3 is 10.6 Å². The number of nitrogens with two attached hydrogens (primary N) is 1. The summed E-state index contributed by atoms with van der Waals surface area (Å²) in [5, 5.41) is 0. The highest BCUT2D eigenvalue weighted by Crippen LogP contribution is 2.08. The van der Waals surface area contributed by atoms with Crippen molar-refractivity contribution in [3.05, 3.63) is 71.3 Å². The zero-order valence-corrected chi connectivity index (χ0v) is 12.5. The molecule has 2 aromatic rings. The van der Waals surface area contributed by atoms with Crippen LogP contribution in [-0.4, -0.2) is 24.4 Å². The Morgan fingerprint density at radius 2 is 1.67 bits per heavy atom. The van der Waals surface area contributed by atoms with Gasteiger partial charge in [0.1, 0.15) is 0 Å². The van der Waals surface area contributed by atoms with Crippen LogP contribution in [0, 0.1) is 0 Å². The number of hydrogen-bond donors (Lipinski definition) is 1. The Morgan fingerprint density at radius 1 is 1.00 bits per heavy atom.